The van der Waals surface area contributed by atoms with Crippen LogP contribution < -0.4 is 0 Å². The number of hydrogen-bond acceptors (Lipinski definition) is 2. The van der Waals surface area contributed by atoms with Crippen LogP contribution in [0.25, 0.3) is 5.57 Å². The molecule has 0 saturated carbocycles. The number of aromatic nitrogens is 2. The summed E-state index contributed by atoms with van der Waals surface area (Å²) < 4.78 is 2.07. The molecule has 1 aromatic carbocycles. The molecule has 2 rings (SSSR count). The van der Waals surface area contributed by atoms with Gasteiger partial charge in [0.15, 0.2) is 5.16 Å². The zero-order chi connectivity index (χ0) is 14.0. The fraction of sp³-hybridized carbons (Fsp3) is 0.312. The van der Waals surface area contributed by atoms with E-state index in [-0.39, 0.29) is 0 Å². The van der Waals surface area contributed by atoms with Crippen molar-refractivity contribution < 1.29 is 0 Å². The lowest BCUT2D eigenvalue weighted by molar-refractivity contribution is 0.787. The normalized spacial score (nSPS) is 11.0. The lowest BCUT2D eigenvalue weighted by Gasteiger charge is -2.06. The van der Waals surface area contributed by atoms with E-state index in [0.717, 1.165) is 16.4 Å². The third kappa shape index (κ3) is 3.10. The average molecular weight is 272 g/mol. The van der Waals surface area contributed by atoms with E-state index in [1.165, 1.54) is 11.1 Å². The van der Waals surface area contributed by atoms with E-state index in [1.807, 2.05) is 19.2 Å². The van der Waals surface area contributed by atoms with Gasteiger partial charge in [-0.25, -0.2) is 4.98 Å². The molecule has 1 heterocycles. The van der Waals surface area contributed by atoms with Gasteiger partial charge in [0, 0.05) is 24.1 Å². The van der Waals surface area contributed by atoms with Crippen molar-refractivity contribution in [2.75, 3.05) is 0 Å². The first-order valence-electron chi connectivity index (χ1n) is 6.44. The molecular formula is C16H20N2S. The van der Waals surface area contributed by atoms with Crippen LogP contribution in [0.3, 0.4) is 0 Å². The quantitative estimate of drug-likeness (QED) is 0.773. The van der Waals surface area contributed by atoms with Gasteiger partial charge in [-0.1, -0.05) is 56.5 Å². The van der Waals surface area contributed by atoms with Gasteiger partial charge in [-0.05, 0) is 18.1 Å². The predicted molar refractivity (Wildman–Crippen MR) is 83.5 cm³/mol. The molecule has 0 amide bonds. The van der Waals surface area contributed by atoms with Gasteiger partial charge >= 0.3 is 0 Å². The fourth-order valence-electron chi connectivity index (χ4n) is 1.96. The number of aryl methyl sites for hydroxylation is 2. The molecule has 0 N–H and O–H groups in total. The molecule has 0 spiro atoms. The first kappa shape index (κ1) is 13.9. The third-order valence-corrected chi connectivity index (χ3v) is 4.02. The van der Waals surface area contributed by atoms with Crippen molar-refractivity contribution >= 4 is 17.3 Å². The molecule has 2 aromatic rings. The Bertz CT molecular complexity index is 597. The van der Waals surface area contributed by atoms with E-state index in [9.17, 15) is 0 Å². The fourth-order valence-corrected chi connectivity index (χ4v) is 2.76. The van der Waals surface area contributed by atoms with E-state index in [1.54, 1.807) is 11.8 Å². The molecule has 19 heavy (non-hydrogen) atoms. The number of rotatable bonds is 4. The molecule has 0 fully saturated rings. The standard InChI is InChI=1S/C16H20N2S/c1-11(2)19-16-17-15(10-18(16)5)13(4)14-9-7-6-8-12(14)3/h6-11H,4H2,1-3,5H3. The molecule has 0 atom stereocenters. The molecule has 0 aliphatic rings. The van der Waals surface area contributed by atoms with Crippen LogP contribution in [0, 0.1) is 6.92 Å². The Hall–Kier alpha value is -1.48. The van der Waals surface area contributed by atoms with Crippen LogP contribution in [0.1, 0.15) is 30.7 Å². The summed E-state index contributed by atoms with van der Waals surface area (Å²) in [5.74, 6) is 0. The summed E-state index contributed by atoms with van der Waals surface area (Å²) in [6, 6.07) is 8.29. The summed E-state index contributed by atoms with van der Waals surface area (Å²) in [7, 11) is 2.03. The van der Waals surface area contributed by atoms with E-state index in [2.05, 4.69) is 50.2 Å². The summed E-state index contributed by atoms with van der Waals surface area (Å²) in [4.78, 5) is 4.69. The molecule has 100 valence electrons. The van der Waals surface area contributed by atoms with Crippen LogP contribution in [-0.2, 0) is 7.05 Å². The molecule has 2 nitrogen and oxygen atoms in total. The molecule has 1 aromatic heterocycles. The number of imidazole rings is 1. The Morgan fingerprint density at radius 1 is 1.32 bits per heavy atom. The van der Waals surface area contributed by atoms with E-state index < -0.39 is 0 Å². The third-order valence-electron chi connectivity index (χ3n) is 2.95. The highest BCUT2D eigenvalue weighted by atomic mass is 32.2. The number of nitrogens with zero attached hydrogens (tertiary/aromatic N) is 2. The second-order valence-electron chi connectivity index (χ2n) is 4.98. The summed E-state index contributed by atoms with van der Waals surface area (Å²) in [6.07, 6.45) is 2.06. The second kappa shape index (κ2) is 5.66. The molecular weight excluding hydrogens is 252 g/mol. The number of benzene rings is 1. The molecule has 0 aliphatic carbocycles. The van der Waals surface area contributed by atoms with Gasteiger partial charge in [-0.15, -0.1) is 0 Å². The van der Waals surface area contributed by atoms with Crippen LogP contribution in [0.2, 0.25) is 0 Å². The minimum atomic E-state index is 0.528. The van der Waals surface area contributed by atoms with Crippen molar-refractivity contribution in [1.82, 2.24) is 9.55 Å². The lowest BCUT2D eigenvalue weighted by atomic mass is 10.0. The van der Waals surface area contributed by atoms with E-state index in [4.69, 9.17) is 4.98 Å². The van der Waals surface area contributed by atoms with Crippen molar-refractivity contribution in [3.63, 3.8) is 0 Å². The lowest BCUT2D eigenvalue weighted by Crippen LogP contribution is -1.93. The topological polar surface area (TPSA) is 17.8 Å². The molecule has 0 bridgehead atoms. The first-order chi connectivity index (χ1) is 8.99. The summed E-state index contributed by atoms with van der Waals surface area (Å²) in [5, 5.41) is 1.57. The van der Waals surface area contributed by atoms with Crippen molar-refractivity contribution in [2.45, 2.75) is 31.2 Å². The maximum Gasteiger partial charge on any atom is 0.168 e. The summed E-state index contributed by atoms with van der Waals surface area (Å²) in [5.41, 5.74) is 4.35. The Morgan fingerprint density at radius 3 is 2.63 bits per heavy atom. The highest BCUT2D eigenvalue weighted by molar-refractivity contribution is 7.99. The Kier molecular flexibility index (Phi) is 4.15. The molecule has 0 unspecified atom stereocenters. The van der Waals surface area contributed by atoms with Crippen molar-refractivity contribution in [2.24, 2.45) is 7.05 Å². The van der Waals surface area contributed by atoms with Gasteiger partial charge in [-0.3, -0.25) is 0 Å². The number of thioether (sulfide) groups is 1. The monoisotopic (exact) mass is 272 g/mol. The largest absolute Gasteiger partial charge is 0.328 e. The van der Waals surface area contributed by atoms with Crippen LogP contribution >= 0.6 is 11.8 Å². The van der Waals surface area contributed by atoms with Gasteiger partial charge < -0.3 is 4.57 Å². The van der Waals surface area contributed by atoms with Gasteiger partial charge in [0.2, 0.25) is 0 Å². The molecule has 0 aliphatic heterocycles. The van der Waals surface area contributed by atoms with Crippen molar-refractivity contribution in [1.29, 1.82) is 0 Å². The Balaban J connectivity index is 2.33. The van der Waals surface area contributed by atoms with Crippen LogP contribution in [0.4, 0.5) is 0 Å². The van der Waals surface area contributed by atoms with Gasteiger partial charge in [0.1, 0.15) is 0 Å². The minimum absolute atomic E-state index is 0.528. The average Bonchev–Trinajstić information content (AvgIpc) is 2.70. The smallest absolute Gasteiger partial charge is 0.168 e. The van der Waals surface area contributed by atoms with Gasteiger partial charge in [0.25, 0.3) is 0 Å². The van der Waals surface area contributed by atoms with E-state index in [0.29, 0.717) is 5.25 Å². The van der Waals surface area contributed by atoms with Gasteiger partial charge in [-0.2, -0.15) is 0 Å². The molecule has 0 radical (unpaired) electrons. The van der Waals surface area contributed by atoms with Gasteiger partial charge in [0.05, 0.1) is 5.69 Å². The highest BCUT2D eigenvalue weighted by Crippen LogP contribution is 2.27. The maximum atomic E-state index is 4.69. The summed E-state index contributed by atoms with van der Waals surface area (Å²) >= 11 is 1.77. The maximum absolute atomic E-state index is 4.69. The van der Waals surface area contributed by atoms with E-state index >= 15 is 0 Å². The van der Waals surface area contributed by atoms with Crippen LogP contribution in [-0.4, -0.2) is 14.8 Å². The number of hydrogen-bond donors (Lipinski definition) is 0. The zero-order valence-electron chi connectivity index (χ0n) is 12.0. The SMILES string of the molecule is C=C(c1cn(C)c(SC(C)C)n1)c1ccccc1C. The first-order valence-corrected chi connectivity index (χ1v) is 7.32. The Morgan fingerprint density at radius 2 is 2.00 bits per heavy atom. The summed E-state index contributed by atoms with van der Waals surface area (Å²) in [6.45, 7) is 10.7. The minimum Gasteiger partial charge on any atom is -0.328 e. The highest BCUT2D eigenvalue weighted by Gasteiger charge is 2.12. The van der Waals surface area contributed by atoms with Crippen LogP contribution in [0.5, 0.6) is 0 Å². The zero-order valence-corrected chi connectivity index (χ0v) is 12.8. The molecule has 0 saturated heterocycles. The predicted octanol–water partition coefficient (Wildman–Crippen LogP) is 4.29. The molecule has 3 heteroatoms. The van der Waals surface area contributed by atoms with Crippen LogP contribution in [0.15, 0.2) is 42.2 Å². The Labute approximate surface area is 119 Å². The van der Waals surface area contributed by atoms with Crippen molar-refractivity contribution in [3.05, 3.63) is 53.9 Å². The van der Waals surface area contributed by atoms with Crippen molar-refractivity contribution in [3.8, 4) is 0 Å². The second-order valence-corrected chi connectivity index (χ2v) is 6.52.